The number of aliphatic hydroxyl groups is 2. The second kappa shape index (κ2) is 4.53. The van der Waals surface area contributed by atoms with Crippen LogP contribution in [0, 0.1) is 17.8 Å². The molecule has 2 aliphatic carbocycles. The second-order valence-corrected chi connectivity index (χ2v) is 5.95. The van der Waals surface area contributed by atoms with Crippen molar-refractivity contribution in [1.29, 1.82) is 0 Å². The van der Waals surface area contributed by atoms with Gasteiger partial charge in [-0.15, -0.1) is 0 Å². The minimum Gasteiger partial charge on any atom is -0.461 e. The fourth-order valence-corrected chi connectivity index (χ4v) is 3.83. The van der Waals surface area contributed by atoms with Gasteiger partial charge in [0.05, 0.1) is 18.6 Å². The van der Waals surface area contributed by atoms with Gasteiger partial charge in [0.2, 0.25) is 0 Å². The molecular weight excluding hydrogens is 260 g/mol. The van der Waals surface area contributed by atoms with E-state index in [4.69, 9.17) is 4.74 Å². The first-order chi connectivity index (χ1) is 9.45. The van der Waals surface area contributed by atoms with Gasteiger partial charge in [-0.05, 0) is 25.0 Å². The van der Waals surface area contributed by atoms with E-state index in [9.17, 15) is 19.8 Å². The maximum absolute atomic E-state index is 12.1. The van der Waals surface area contributed by atoms with Gasteiger partial charge in [0.15, 0.2) is 5.78 Å². The van der Waals surface area contributed by atoms with Crippen molar-refractivity contribution in [3.63, 3.8) is 0 Å². The molecule has 1 saturated heterocycles. The molecule has 20 heavy (non-hydrogen) atoms. The van der Waals surface area contributed by atoms with Crippen LogP contribution in [0.5, 0.6) is 0 Å². The number of ketones is 1. The highest BCUT2D eigenvalue weighted by Crippen LogP contribution is 2.47. The average molecular weight is 278 g/mol. The van der Waals surface area contributed by atoms with Gasteiger partial charge in [0.25, 0.3) is 0 Å². The SMILES string of the molecule is CC1=C2C(=O)C=C(CO)C2[C@H]2OC(=O)C(C)C2[C@@H](O)C1. The molecule has 1 heterocycles. The first-order valence-electron chi connectivity index (χ1n) is 6.89. The largest absolute Gasteiger partial charge is 0.461 e. The standard InChI is InChI=1S/C15H18O5/c1-6-3-9(17)12-7(2)15(19)20-14(12)13-8(5-16)4-10(18)11(6)13/h4,7,9,12-14,16-17H,3,5H2,1-2H3/t7?,9-,12?,13?,14-/m0/s1. The maximum Gasteiger partial charge on any atom is 0.309 e. The number of fused-ring (bicyclic) bond motifs is 3. The number of allylic oxidation sites excluding steroid dienone is 1. The molecule has 0 spiro atoms. The molecule has 5 nitrogen and oxygen atoms in total. The highest BCUT2D eigenvalue weighted by molar-refractivity contribution is 6.09. The molecule has 5 heteroatoms. The second-order valence-electron chi connectivity index (χ2n) is 5.95. The Bertz CT molecular complexity index is 544. The van der Waals surface area contributed by atoms with Crippen LogP contribution in [0.15, 0.2) is 22.8 Å². The molecule has 3 rings (SSSR count). The Morgan fingerprint density at radius 3 is 2.75 bits per heavy atom. The normalized spacial score (nSPS) is 40.2. The Morgan fingerprint density at radius 1 is 1.40 bits per heavy atom. The third-order valence-corrected chi connectivity index (χ3v) is 4.80. The summed E-state index contributed by atoms with van der Waals surface area (Å²) < 4.78 is 5.43. The van der Waals surface area contributed by atoms with Gasteiger partial charge in [-0.1, -0.05) is 12.5 Å². The minimum absolute atomic E-state index is 0.139. The van der Waals surface area contributed by atoms with Gasteiger partial charge in [-0.25, -0.2) is 0 Å². The van der Waals surface area contributed by atoms with E-state index in [0.29, 0.717) is 17.6 Å². The van der Waals surface area contributed by atoms with Crippen LogP contribution in [0.1, 0.15) is 20.3 Å². The summed E-state index contributed by atoms with van der Waals surface area (Å²) in [4.78, 5) is 24.0. The zero-order valence-corrected chi connectivity index (χ0v) is 11.5. The lowest BCUT2D eigenvalue weighted by molar-refractivity contribution is -0.145. The fraction of sp³-hybridized carbons (Fsp3) is 0.600. The van der Waals surface area contributed by atoms with Gasteiger partial charge in [-0.3, -0.25) is 9.59 Å². The zero-order valence-electron chi connectivity index (χ0n) is 11.5. The molecule has 0 aromatic rings. The lowest BCUT2D eigenvalue weighted by atomic mass is 9.79. The lowest BCUT2D eigenvalue weighted by Crippen LogP contribution is -2.35. The summed E-state index contributed by atoms with van der Waals surface area (Å²) >= 11 is 0. The van der Waals surface area contributed by atoms with Crippen LogP contribution in [-0.2, 0) is 14.3 Å². The quantitative estimate of drug-likeness (QED) is 0.677. The van der Waals surface area contributed by atoms with Crippen molar-refractivity contribution >= 4 is 11.8 Å². The van der Waals surface area contributed by atoms with Crippen molar-refractivity contribution in [3.05, 3.63) is 22.8 Å². The number of aliphatic hydroxyl groups excluding tert-OH is 2. The number of hydrogen-bond donors (Lipinski definition) is 2. The van der Waals surface area contributed by atoms with Gasteiger partial charge in [0, 0.05) is 17.4 Å². The Hall–Kier alpha value is -1.46. The van der Waals surface area contributed by atoms with Crippen LogP contribution in [0.4, 0.5) is 0 Å². The average Bonchev–Trinajstić information content (AvgIpc) is 2.83. The van der Waals surface area contributed by atoms with Crippen LogP contribution in [0.3, 0.4) is 0 Å². The van der Waals surface area contributed by atoms with Crippen molar-refractivity contribution in [1.82, 2.24) is 0 Å². The summed E-state index contributed by atoms with van der Waals surface area (Å²) in [5, 5.41) is 19.8. The zero-order chi connectivity index (χ0) is 14.6. The Kier molecular flexibility index (Phi) is 3.06. The maximum atomic E-state index is 12.1. The molecule has 0 aromatic carbocycles. The highest BCUT2D eigenvalue weighted by Gasteiger charge is 2.54. The first-order valence-corrected chi connectivity index (χ1v) is 6.89. The van der Waals surface area contributed by atoms with E-state index in [1.165, 1.54) is 6.08 Å². The van der Waals surface area contributed by atoms with Crippen LogP contribution in [-0.4, -0.2) is 40.8 Å². The fourth-order valence-electron chi connectivity index (χ4n) is 3.83. The summed E-state index contributed by atoms with van der Waals surface area (Å²) in [6, 6.07) is 0. The van der Waals surface area contributed by atoms with Gasteiger partial charge >= 0.3 is 5.97 Å². The van der Waals surface area contributed by atoms with Crippen molar-refractivity contribution in [2.75, 3.05) is 6.61 Å². The summed E-state index contributed by atoms with van der Waals surface area (Å²) in [6.07, 6.45) is 0.554. The van der Waals surface area contributed by atoms with E-state index in [-0.39, 0.29) is 24.3 Å². The van der Waals surface area contributed by atoms with Crippen molar-refractivity contribution in [2.24, 2.45) is 17.8 Å². The van der Waals surface area contributed by atoms with Crippen LogP contribution in [0.25, 0.3) is 0 Å². The molecule has 2 N–H and O–H groups in total. The van der Waals surface area contributed by atoms with E-state index < -0.39 is 24.0 Å². The molecule has 0 amide bonds. The Morgan fingerprint density at radius 2 is 2.10 bits per heavy atom. The predicted molar refractivity (Wildman–Crippen MR) is 69.5 cm³/mol. The first kappa shape index (κ1) is 13.5. The van der Waals surface area contributed by atoms with Gasteiger partial charge < -0.3 is 14.9 Å². The van der Waals surface area contributed by atoms with E-state index in [0.717, 1.165) is 5.57 Å². The number of ether oxygens (including phenoxy) is 1. The predicted octanol–water partition coefficient (Wildman–Crippen LogP) is 0.363. The molecule has 0 bridgehead atoms. The third-order valence-electron chi connectivity index (χ3n) is 4.80. The van der Waals surface area contributed by atoms with Crippen molar-refractivity contribution in [2.45, 2.75) is 32.5 Å². The molecule has 1 aliphatic heterocycles. The number of carbonyl (C=O) groups is 2. The number of carbonyl (C=O) groups excluding carboxylic acids is 2. The summed E-state index contributed by atoms with van der Waals surface area (Å²) in [5.41, 5.74) is 1.99. The molecule has 108 valence electrons. The number of rotatable bonds is 1. The lowest BCUT2D eigenvalue weighted by Gasteiger charge is -2.27. The summed E-state index contributed by atoms with van der Waals surface area (Å²) in [5.74, 6) is -1.60. The van der Waals surface area contributed by atoms with Crippen molar-refractivity contribution in [3.8, 4) is 0 Å². The molecular formula is C15H18O5. The monoisotopic (exact) mass is 278 g/mol. The van der Waals surface area contributed by atoms with Gasteiger partial charge in [0.1, 0.15) is 6.10 Å². The minimum atomic E-state index is -0.702. The summed E-state index contributed by atoms with van der Waals surface area (Å²) in [6.45, 7) is 3.33. The van der Waals surface area contributed by atoms with Crippen LogP contribution < -0.4 is 0 Å². The van der Waals surface area contributed by atoms with E-state index in [1.54, 1.807) is 6.92 Å². The smallest absolute Gasteiger partial charge is 0.309 e. The topological polar surface area (TPSA) is 83.8 Å². The van der Waals surface area contributed by atoms with Crippen LogP contribution in [0.2, 0.25) is 0 Å². The number of esters is 1. The Balaban J connectivity index is 2.11. The molecule has 3 unspecified atom stereocenters. The Labute approximate surface area is 116 Å². The van der Waals surface area contributed by atoms with E-state index in [2.05, 4.69) is 0 Å². The van der Waals surface area contributed by atoms with Crippen LogP contribution >= 0.6 is 0 Å². The molecule has 3 aliphatic rings. The van der Waals surface area contributed by atoms with Crippen molar-refractivity contribution < 1.29 is 24.5 Å². The molecule has 1 fully saturated rings. The molecule has 0 saturated carbocycles. The number of hydrogen-bond acceptors (Lipinski definition) is 5. The molecule has 0 aromatic heterocycles. The molecule has 5 atom stereocenters. The van der Waals surface area contributed by atoms with E-state index >= 15 is 0 Å². The summed E-state index contributed by atoms with van der Waals surface area (Å²) in [7, 11) is 0. The highest BCUT2D eigenvalue weighted by atomic mass is 16.6. The molecule has 0 radical (unpaired) electrons. The van der Waals surface area contributed by atoms with Gasteiger partial charge in [-0.2, -0.15) is 0 Å². The third kappa shape index (κ3) is 1.70. The van der Waals surface area contributed by atoms with E-state index in [1.807, 2.05) is 6.92 Å².